The van der Waals surface area contributed by atoms with Crippen LogP contribution in [0.4, 0.5) is 0 Å². The number of aliphatic carboxylic acids is 1. The minimum atomic E-state index is -3.54. The number of nitrogens with zero attached hydrogens (tertiary/aromatic N) is 1. The van der Waals surface area contributed by atoms with Crippen molar-refractivity contribution in [1.82, 2.24) is 4.31 Å². The summed E-state index contributed by atoms with van der Waals surface area (Å²) in [4.78, 5) is 11.4. The summed E-state index contributed by atoms with van der Waals surface area (Å²) in [6.07, 6.45) is 0.598. The number of hydrogen-bond acceptors (Lipinski definition) is 4. The van der Waals surface area contributed by atoms with Crippen LogP contribution in [-0.2, 0) is 21.2 Å². The topological polar surface area (TPSA) is 74.7 Å². The van der Waals surface area contributed by atoms with Crippen molar-refractivity contribution in [2.75, 3.05) is 13.6 Å². The maximum Gasteiger partial charge on any atom is 0.304 e. The van der Waals surface area contributed by atoms with Gasteiger partial charge in [0.25, 0.3) is 10.0 Å². The number of carboxylic acids is 1. The summed E-state index contributed by atoms with van der Waals surface area (Å²) in [6.45, 7) is 1.94. The maximum atomic E-state index is 12.0. The van der Waals surface area contributed by atoms with Crippen molar-refractivity contribution in [3.63, 3.8) is 0 Å². The van der Waals surface area contributed by atoms with Crippen molar-refractivity contribution >= 4 is 27.3 Å². The van der Waals surface area contributed by atoms with Gasteiger partial charge in [0, 0.05) is 18.5 Å². The molecular formula is C10H15NO4S2. The normalized spacial score (nSPS) is 11.9. The van der Waals surface area contributed by atoms with E-state index in [4.69, 9.17) is 5.11 Å². The van der Waals surface area contributed by atoms with E-state index in [0.717, 1.165) is 15.6 Å². The van der Waals surface area contributed by atoms with E-state index in [1.807, 2.05) is 6.92 Å². The van der Waals surface area contributed by atoms with Gasteiger partial charge in [0.05, 0.1) is 6.42 Å². The lowest BCUT2D eigenvalue weighted by Gasteiger charge is -2.14. The monoisotopic (exact) mass is 277 g/mol. The second-order valence-electron chi connectivity index (χ2n) is 3.54. The summed E-state index contributed by atoms with van der Waals surface area (Å²) in [6, 6.07) is 3.35. The number of thiophene rings is 1. The predicted molar refractivity (Wildman–Crippen MR) is 65.8 cm³/mol. The largest absolute Gasteiger partial charge is 0.481 e. The van der Waals surface area contributed by atoms with Crippen molar-refractivity contribution in [2.45, 2.75) is 24.0 Å². The molecule has 0 aliphatic heterocycles. The number of sulfonamides is 1. The summed E-state index contributed by atoms with van der Waals surface area (Å²) in [7, 11) is -2.14. The molecule has 0 aromatic carbocycles. The summed E-state index contributed by atoms with van der Waals surface area (Å²) in [5.74, 6) is -1.01. The molecule has 1 heterocycles. The average Bonchev–Trinajstić information content (AvgIpc) is 2.74. The lowest BCUT2D eigenvalue weighted by molar-refractivity contribution is -0.137. The molecule has 1 aromatic heterocycles. The van der Waals surface area contributed by atoms with Crippen molar-refractivity contribution in [3.8, 4) is 0 Å². The summed E-state index contributed by atoms with van der Waals surface area (Å²) >= 11 is 1.23. The van der Waals surface area contributed by atoms with Gasteiger partial charge >= 0.3 is 5.97 Å². The molecule has 0 unspecified atom stereocenters. The van der Waals surface area contributed by atoms with E-state index in [0.29, 0.717) is 0 Å². The number of carboxylic acid groups (broad SMARTS) is 1. The average molecular weight is 277 g/mol. The zero-order valence-corrected chi connectivity index (χ0v) is 11.3. The Balaban J connectivity index is 2.83. The molecule has 1 aromatic rings. The van der Waals surface area contributed by atoms with Gasteiger partial charge in [-0.3, -0.25) is 4.79 Å². The minimum Gasteiger partial charge on any atom is -0.481 e. The maximum absolute atomic E-state index is 12.0. The van der Waals surface area contributed by atoms with Crippen LogP contribution in [0.2, 0.25) is 0 Å². The SMILES string of the molecule is CCc1ccc(S(=O)(=O)N(C)CCC(=O)O)s1. The number of rotatable bonds is 6. The third-order valence-electron chi connectivity index (χ3n) is 2.29. The molecule has 0 atom stereocenters. The molecule has 0 amide bonds. The quantitative estimate of drug-likeness (QED) is 0.853. The van der Waals surface area contributed by atoms with E-state index in [9.17, 15) is 13.2 Å². The Kier molecular flexibility index (Phi) is 4.67. The highest BCUT2D eigenvalue weighted by molar-refractivity contribution is 7.91. The third kappa shape index (κ3) is 3.52. The van der Waals surface area contributed by atoms with E-state index in [2.05, 4.69) is 0 Å². The van der Waals surface area contributed by atoms with Crippen molar-refractivity contribution < 1.29 is 18.3 Å². The smallest absolute Gasteiger partial charge is 0.304 e. The zero-order chi connectivity index (χ0) is 13.1. The van der Waals surface area contributed by atoms with Gasteiger partial charge in [-0.05, 0) is 18.6 Å². The summed E-state index contributed by atoms with van der Waals surface area (Å²) in [5.41, 5.74) is 0. The fourth-order valence-electron chi connectivity index (χ4n) is 1.21. The highest BCUT2D eigenvalue weighted by Crippen LogP contribution is 2.24. The van der Waals surface area contributed by atoms with Crippen molar-refractivity contribution in [1.29, 1.82) is 0 Å². The lowest BCUT2D eigenvalue weighted by Crippen LogP contribution is -2.28. The molecule has 7 heteroatoms. The first-order valence-corrected chi connectivity index (χ1v) is 7.40. The molecule has 0 fully saturated rings. The van der Waals surface area contributed by atoms with E-state index in [-0.39, 0.29) is 17.2 Å². The third-order valence-corrected chi connectivity index (χ3v) is 5.84. The highest BCUT2D eigenvalue weighted by atomic mass is 32.2. The predicted octanol–water partition coefficient (Wildman–Crippen LogP) is 1.41. The Morgan fingerprint density at radius 2 is 2.12 bits per heavy atom. The number of aryl methyl sites for hydroxylation is 1. The molecule has 0 saturated heterocycles. The number of hydrogen-bond donors (Lipinski definition) is 1. The van der Waals surface area contributed by atoms with Gasteiger partial charge < -0.3 is 5.11 Å². The van der Waals surface area contributed by atoms with Gasteiger partial charge in [0.1, 0.15) is 4.21 Å². The first-order valence-electron chi connectivity index (χ1n) is 5.14. The van der Waals surface area contributed by atoms with Gasteiger partial charge in [0.2, 0.25) is 0 Å². The van der Waals surface area contributed by atoms with Gasteiger partial charge in [-0.15, -0.1) is 11.3 Å². The molecule has 0 aliphatic carbocycles. The summed E-state index contributed by atoms with van der Waals surface area (Å²) in [5, 5.41) is 8.52. The van der Waals surface area contributed by atoms with Crippen molar-refractivity contribution in [3.05, 3.63) is 17.0 Å². The molecule has 96 valence electrons. The van der Waals surface area contributed by atoms with Crippen LogP contribution in [0.5, 0.6) is 0 Å². The Bertz CT molecular complexity index is 492. The fraction of sp³-hybridized carbons (Fsp3) is 0.500. The molecule has 0 bridgehead atoms. The van der Waals surface area contributed by atoms with Crippen LogP contribution in [0.15, 0.2) is 16.3 Å². The first kappa shape index (κ1) is 14.1. The Morgan fingerprint density at radius 3 is 2.59 bits per heavy atom. The van der Waals surface area contributed by atoms with E-state index >= 15 is 0 Å². The molecule has 1 rings (SSSR count). The van der Waals surface area contributed by atoms with E-state index in [1.165, 1.54) is 18.4 Å². The van der Waals surface area contributed by atoms with Crippen LogP contribution in [0.25, 0.3) is 0 Å². The Labute approximate surface area is 105 Å². The molecule has 1 N–H and O–H groups in total. The van der Waals surface area contributed by atoms with Gasteiger partial charge in [-0.1, -0.05) is 6.92 Å². The van der Waals surface area contributed by atoms with Crippen LogP contribution in [0.3, 0.4) is 0 Å². The molecule has 0 aliphatic rings. The van der Waals surface area contributed by atoms with E-state index < -0.39 is 16.0 Å². The van der Waals surface area contributed by atoms with Crippen molar-refractivity contribution in [2.24, 2.45) is 0 Å². The second-order valence-corrected chi connectivity index (χ2v) is 6.98. The van der Waals surface area contributed by atoms with Gasteiger partial charge in [-0.2, -0.15) is 4.31 Å². The van der Waals surface area contributed by atoms with E-state index in [1.54, 1.807) is 12.1 Å². The molecule has 0 radical (unpaired) electrons. The van der Waals surface area contributed by atoms with Crippen LogP contribution in [-0.4, -0.2) is 37.4 Å². The van der Waals surface area contributed by atoms with Gasteiger partial charge in [-0.25, -0.2) is 8.42 Å². The molecule has 0 saturated carbocycles. The molecular weight excluding hydrogens is 262 g/mol. The van der Waals surface area contributed by atoms with Crippen LogP contribution >= 0.6 is 11.3 Å². The first-order chi connectivity index (χ1) is 7.87. The Morgan fingerprint density at radius 1 is 1.47 bits per heavy atom. The molecule has 0 spiro atoms. The van der Waals surface area contributed by atoms with Gasteiger partial charge in [0.15, 0.2) is 0 Å². The van der Waals surface area contributed by atoms with Crippen LogP contribution in [0, 0.1) is 0 Å². The summed E-state index contributed by atoms with van der Waals surface area (Å²) < 4.78 is 25.4. The minimum absolute atomic E-state index is 0.0168. The molecule has 17 heavy (non-hydrogen) atoms. The second kappa shape index (κ2) is 5.61. The molecule has 5 nitrogen and oxygen atoms in total. The number of carbonyl (C=O) groups is 1. The zero-order valence-electron chi connectivity index (χ0n) is 9.71. The standard InChI is InChI=1S/C10H15NO4S2/c1-3-8-4-5-10(16-8)17(14,15)11(2)7-6-9(12)13/h4-5H,3,6-7H2,1-2H3,(H,12,13). The highest BCUT2D eigenvalue weighted by Gasteiger charge is 2.22. The fourth-order valence-corrected chi connectivity index (χ4v) is 3.89. The van der Waals surface area contributed by atoms with Crippen LogP contribution < -0.4 is 0 Å². The van der Waals surface area contributed by atoms with Crippen LogP contribution in [0.1, 0.15) is 18.2 Å². The Hall–Kier alpha value is -0.920. The lowest BCUT2D eigenvalue weighted by atomic mass is 10.4.